The lowest BCUT2D eigenvalue weighted by molar-refractivity contribution is -0.0231. The summed E-state index contributed by atoms with van der Waals surface area (Å²) in [6.45, 7) is 5.31. The zero-order chi connectivity index (χ0) is 9.31. The third-order valence-corrected chi connectivity index (χ3v) is 4.02. The van der Waals surface area contributed by atoms with E-state index in [1.54, 1.807) is 0 Å². The predicted molar refractivity (Wildman–Crippen MR) is 57.0 cm³/mol. The second-order valence-electron chi connectivity index (χ2n) is 4.71. The van der Waals surface area contributed by atoms with Gasteiger partial charge in [-0.2, -0.15) is 11.8 Å². The fraction of sp³-hybridized carbons (Fsp3) is 1.00. The monoisotopic (exact) mass is 201 g/mol. The summed E-state index contributed by atoms with van der Waals surface area (Å²) in [7, 11) is 0. The van der Waals surface area contributed by atoms with Crippen molar-refractivity contribution in [3.63, 3.8) is 0 Å². The van der Waals surface area contributed by atoms with Crippen molar-refractivity contribution in [2.75, 3.05) is 18.1 Å². The summed E-state index contributed by atoms with van der Waals surface area (Å²) in [4.78, 5) is 0. The normalized spacial score (nSPS) is 38.3. The average molecular weight is 201 g/mol. The van der Waals surface area contributed by atoms with Gasteiger partial charge in [-0.25, -0.2) is 0 Å². The van der Waals surface area contributed by atoms with Crippen molar-refractivity contribution in [1.29, 1.82) is 0 Å². The van der Waals surface area contributed by atoms with Gasteiger partial charge in [0.05, 0.1) is 5.60 Å². The summed E-state index contributed by atoms with van der Waals surface area (Å²) >= 11 is 2.08. The number of hydrogen-bond acceptors (Lipinski definition) is 3. The highest BCUT2D eigenvalue weighted by Gasteiger charge is 2.32. The van der Waals surface area contributed by atoms with E-state index in [9.17, 15) is 0 Å². The van der Waals surface area contributed by atoms with Gasteiger partial charge in [0, 0.05) is 6.54 Å². The number of hydrogen-bond donors (Lipinski definition) is 1. The molecule has 0 aromatic carbocycles. The molecule has 2 saturated heterocycles. The van der Waals surface area contributed by atoms with Crippen LogP contribution in [-0.4, -0.2) is 29.9 Å². The van der Waals surface area contributed by atoms with E-state index in [-0.39, 0.29) is 5.60 Å². The van der Waals surface area contributed by atoms with Gasteiger partial charge in [-0.3, -0.25) is 5.32 Å². The largest absolute Gasteiger partial charge is 0.356 e. The molecule has 2 heterocycles. The Balaban J connectivity index is 1.77. The first-order valence-electron chi connectivity index (χ1n) is 5.15. The summed E-state index contributed by atoms with van der Waals surface area (Å²) in [6, 6.07) is 0. The van der Waals surface area contributed by atoms with Crippen molar-refractivity contribution in [2.24, 2.45) is 5.92 Å². The quantitative estimate of drug-likeness (QED) is 0.737. The van der Waals surface area contributed by atoms with Crippen molar-refractivity contribution >= 4 is 11.8 Å². The first-order valence-corrected chi connectivity index (χ1v) is 6.30. The molecule has 2 nitrogen and oxygen atoms in total. The highest BCUT2D eigenvalue weighted by Crippen LogP contribution is 2.29. The van der Waals surface area contributed by atoms with Crippen LogP contribution in [0.15, 0.2) is 0 Å². The minimum Gasteiger partial charge on any atom is -0.356 e. The van der Waals surface area contributed by atoms with Crippen LogP contribution in [-0.2, 0) is 4.74 Å². The zero-order valence-corrected chi connectivity index (χ0v) is 9.32. The van der Waals surface area contributed by atoms with E-state index in [1.807, 2.05) is 0 Å². The molecular weight excluding hydrogens is 182 g/mol. The smallest absolute Gasteiger partial charge is 0.109 e. The average Bonchev–Trinajstić information content (AvgIpc) is 2.61. The Morgan fingerprint density at radius 3 is 2.92 bits per heavy atom. The molecule has 0 aromatic rings. The van der Waals surface area contributed by atoms with Crippen LogP contribution in [0.4, 0.5) is 0 Å². The number of nitrogens with one attached hydrogen (secondary N) is 1. The summed E-state index contributed by atoms with van der Waals surface area (Å²) in [5.41, 5.74) is 0.0520. The minimum atomic E-state index is 0.0520. The van der Waals surface area contributed by atoms with E-state index in [1.165, 1.54) is 24.3 Å². The second kappa shape index (κ2) is 3.79. The van der Waals surface area contributed by atoms with Crippen molar-refractivity contribution in [2.45, 2.75) is 38.5 Å². The Morgan fingerprint density at radius 1 is 1.54 bits per heavy atom. The van der Waals surface area contributed by atoms with Crippen molar-refractivity contribution < 1.29 is 4.74 Å². The van der Waals surface area contributed by atoms with Crippen LogP contribution in [0, 0.1) is 5.92 Å². The molecule has 0 saturated carbocycles. The molecule has 0 radical (unpaired) electrons. The second-order valence-corrected chi connectivity index (χ2v) is 5.86. The molecule has 2 aliphatic rings. The molecule has 2 aliphatic heterocycles. The number of rotatable bonds is 2. The van der Waals surface area contributed by atoms with E-state index >= 15 is 0 Å². The van der Waals surface area contributed by atoms with E-state index in [0.717, 1.165) is 12.5 Å². The third kappa shape index (κ3) is 2.61. The zero-order valence-electron chi connectivity index (χ0n) is 8.51. The lowest BCUT2D eigenvalue weighted by Crippen LogP contribution is -2.25. The number of ether oxygens (including phenoxy) is 1. The molecule has 13 heavy (non-hydrogen) atoms. The van der Waals surface area contributed by atoms with Crippen LogP contribution in [0.1, 0.15) is 26.7 Å². The summed E-state index contributed by atoms with van der Waals surface area (Å²) in [5, 5.41) is 3.44. The van der Waals surface area contributed by atoms with Gasteiger partial charge in [0.15, 0.2) is 0 Å². The van der Waals surface area contributed by atoms with Gasteiger partial charge in [-0.05, 0) is 44.1 Å². The molecule has 0 aromatic heterocycles. The Bertz CT molecular complexity index is 178. The molecule has 0 aliphatic carbocycles. The van der Waals surface area contributed by atoms with Gasteiger partial charge in [-0.1, -0.05) is 0 Å². The first kappa shape index (κ1) is 9.81. The summed E-state index contributed by atoms with van der Waals surface area (Å²) < 4.78 is 5.89. The maximum atomic E-state index is 5.89. The lowest BCUT2D eigenvalue weighted by Gasteiger charge is -2.19. The van der Waals surface area contributed by atoms with Gasteiger partial charge in [0.25, 0.3) is 0 Å². The molecule has 2 fully saturated rings. The van der Waals surface area contributed by atoms with Crippen LogP contribution < -0.4 is 5.32 Å². The molecule has 76 valence electrons. The Morgan fingerprint density at radius 2 is 2.38 bits per heavy atom. The van der Waals surface area contributed by atoms with Crippen LogP contribution >= 0.6 is 11.8 Å². The number of thioether (sulfide) groups is 1. The Hall–Kier alpha value is 0.270. The maximum absolute atomic E-state index is 5.89. The van der Waals surface area contributed by atoms with E-state index in [2.05, 4.69) is 30.9 Å². The highest BCUT2D eigenvalue weighted by atomic mass is 32.2. The minimum absolute atomic E-state index is 0.0520. The molecule has 0 amide bonds. The Kier molecular flexibility index (Phi) is 2.86. The maximum Gasteiger partial charge on any atom is 0.109 e. The highest BCUT2D eigenvalue weighted by molar-refractivity contribution is 7.99. The van der Waals surface area contributed by atoms with E-state index in [0.29, 0.717) is 6.23 Å². The predicted octanol–water partition coefficient (Wildman–Crippen LogP) is 1.85. The van der Waals surface area contributed by atoms with Gasteiger partial charge in [-0.15, -0.1) is 0 Å². The SMILES string of the molecule is CC1(C)CNC(CC2CCSC2)O1. The standard InChI is InChI=1S/C10H19NOS/c1-10(2)7-11-9(12-10)5-8-3-4-13-6-8/h8-9,11H,3-7H2,1-2H3. The third-order valence-electron chi connectivity index (χ3n) is 2.79. The van der Waals surface area contributed by atoms with Crippen LogP contribution in [0.25, 0.3) is 0 Å². The molecular formula is C10H19NOS. The molecule has 1 N–H and O–H groups in total. The molecule has 0 bridgehead atoms. The topological polar surface area (TPSA) is 21.3 Å². The van der Waals surface area contributed by atoms with Crippen LogP contribution in [0.5, 0.6) is 0 Å². The fourth-order valence-corrected chi connectivity index (χ4v) is 3.33. The lowest BCUT2D eigenvalue weighted by atomic mass is 10.0. The Labute approximate surface area is 84.8 Å². The van der Waals surface area contributed by atoms with Crippen molar-refractivity contribution in [3.05, 3.63) is 0 Å². The fourth-order valence-electron chi connectivity index (χ4n) is 2.03. The van der Waals surface area contributed by atoms with Gasteiger partial charge >= 0.3 is 0 Å². The summed E-state index contributed by atoms with van der Waals surface area (Å²) in [6.07, 6.45) is 2.90. The van der Waals surface area contributed by atoms with Crippen LogP contribution in [0.2, 0.25) is 0 Å². The summed E-state index contributed by atoms with van der Waals surface area (Å²) in [5.74, 6) is 3.57. The van der Waals surface area contributed by atoms with E-state index < -0.39 is 0 Å². The van der Waals surface area contributed by atoms with Gasteiger partial charge in [0.1, 0.15) is 6.23 Å². The molecule has 2 rings (SSSR count). The van der Waals surface area contributed by atoms with Gasteiger partial charge in [0.2, 0.25) is 0 Å². The van der Waals surface area contributed by atoms with Crippen LogP contribution in [0.3, 0.4) is 0 Å². The van der Waals surface area contributed by atoms with E-state index in [4.69, 9.17) is 4.74 Å². The van der Waals surface area contributed by atoms with Crippen molar-refractivity contribution in [1.82, 2.24) is 5.32 Å². The molecule has 2 unspecified atom stereocenters. The van der Waals surface area contributed by atoms with Gasteiger partial charge < -0.3 is 4.74 Å². The van der Waals surface area contributed by atoms with Crippen molar-refractivity contribution in [3.8, 4) is 0 Å². The first-order chi connectivity index (χ1) is 6.16. The molecule has 3 heteroatoms. The molecule has 0 spiro atoms. The molecule has 2 atom stereocenters.